The largest absolute Gasteiger partial charge is 0.457 e. The fourth-order valence-corrected chi connectivity index (χ4v) is 7.83. The van der Waals surface area contributed by atoms with Gasteiger partial charge in [0.15, 0.2) is 0 Å². The van der Waals surface area contributed by atoms with Crippen molar-refractivity contribution in [2.24, 2.45) is 11.8 Å². The summed E-state index contributed by atoms with van der Waals surface area (Å²) in [5.74, 6) is -1.34. The molecule has 3 aliphatic rings. The maximum Gasteiger partial charge on any atom is 0.410 e. The first kappa shape index (κ1) is 38.8. The number of esters is 1. The standard InChI is InChI=1S/C36H55FN4O7S/c1-7-41(30-12-14-40(15-13-30)49(6,45)46)31-22-28(21-29(37)23-31)20-27(4)35-26(3)9-11-33(25(2)8-10-32(42)24-34(43)48-35)47-36(44)39-18-16-38(5)17-19-39/h9,11,20-23,25-26,30,32-33,35,42H,7-8,10,12-19,24H2,1-6H3/b11-9-,27-20+/t25-,26+,32+,33+,35+/m1/s1. The predicted molar refractivity (Wildman–Crippen MR) is 189 cm³/mol. The van der Waals surface area contributed by atoms with Crippen molar-refractivity contribution in [1.29, 1.82) is 0 Å². The van der Waals surface area contributed by atoms with Crippen molar-refractivity contribution >= 4 is 33.8 Å². The molecule has 3 aliphatic heterocycles. The van der Waals surface area contributed by atoms with E-state index in [0.717, 1.165) is 13.1 Å². The Morgan fingerprint density at radius 1 is 1.06 bits per heavy atom. The highest BCUT2D eigenvalue weighted by Gasteiger charge is 2.31. The summed E-state index contributed by atoms with van der Waals surface area (Å²) in [5, 5.41) is 10.7. The van der Waals surface area contributed by atoms with Gasteiger partial charge in [0.2, 0.25) is 10.0 Å². The molecule has 0 spiro atoms. The number of benzene rings is 1. The Hall–Kier alpha value is -3.00. The highest BCUT2D eigenvalue weighted by Crippen LogP contribution is 2.29. The first-order chi connectivity index (χ1) is 23.1. The maximum atomic E-state index is 15.1. The molecule has 0 unspecified atom stereocenters. The van der Waals surface area contributed by atoms with E-state index in [1.807, 2.05) is 59.0 Å². The molecule has 2 saturated heterocycles. The summed E-state index contributed by atoms with van der Waals surface area (Å²) in [4.78, 5) is 32.1. The number of anilines is 1. The van der Waals surface area contributed by atoms with E-state index in [-0.39, 0.29) is 30.4 Å². The number of amides is 1. The number of carbonyl (C=O) groups excluding carboxylic acids is 2. The van der Waals surface area contributed by atoms with Crippen LogP contribution in [0.3, 0.4) is 0 Å². The molecule has 13 heteroatoms. The molecule has 11 nitrogen and oxygen atoms in total. The van der Waals surface area contributed by atoms with Gasteiger partial charge in [-0.3, -0.25) is 4.79 Å². The minimum Gasteiger partial charge on any atom is -0.457 e. The number of cyclic esters (lactones) is 1. The lowest BCUT2D eigenvalue weighted by molar-refractivity contribution is -0.151. The van der Waals surface area contributed by atoms with Crippen LogP contribution in [0.5, 0.6) is 0 Å². The predicted octanol–water partition coefficient (Wildman–Crippen LogP) is 4.52. The number of hydrogen-bond acceptors (Lipinski definition) is 9. The van der Waals surface area contributed by atoms with Crippen molar-refractivity contribution in [1.82, 2.24) is 14.1 Å². The summed E-state index contributed by atoms with van der Waals surface area (Å²) in [6.07, 6.45) is 6.32. The Kier molecular flexibility index (Phi) is 13.7. The summed E-state index contributed by atoms with van der Waals surface area (Å²) in [5.41, 5.74) is 1.99. The molecule has 4 rings (SSSR count). The molecule has 0 saturated carbocycles. The number of halogens is 1. The molecule has 0 bridgehead atoms. The zero-order valence-electron chi connectivity index (χ0n) is 29.9. The van der Waals surface area contributed by atoms with Crippen molar-refractivity contribution in [3.8, 4) is 0 Å². The van der Waals surface area contributed by atoms with Gasteiger partial charge in [-0.1, -0.05) is 26.0 Å². The summed E-state index contributed by atoms with van der Waals surface area (Å²) in [6.45, 7) is 11.9. The maximum absolute atomic E-state index is 15.1. The van der Waals surface area contributed by atoms with Crippen LogP contribution in [0.2, 0.25) is 0 Å². The lowest BCUT2D eigenvalue weighted by Gasteiger charge is -2.38. The molecule has 5 atom stereocenters. The molecule has 1 N–H and O–H groups in total. The Bertz CT molecular complexity index is 1450. The van der Waals surface area contributed by atoms with Gasteiger partial charge in [-0.05, 0) is 87.9 Å². The minimum absolute atomic E-state index is 0.0623. The second kappa shape index (κ2) is 17.3. The van der Waals surface area contributed by atoms with Gasteiger partial charge in [0.05, 0.1) is 18.8 Å². The van der Waals surface area contributed by atoms with Crippen LogP contribution >= 0.6 is 0 Å². The Labute approximate surface area is 291 Å². The van der Waals surface area contributed by atoms with Crippen LogP contribution in [0.15, 0.2) is 35.9 Å². The van der Waals surface area contributed by atoms with Gasteiger partial charge in [-0.25, -0.2) is 21.9 Å². The molecule has 274 valence electrons. The van der Waals surface area contributed by atoms with Crippen LogP contribution in [0, 0.1) is 17.7 Å². The molecule has 2 fully saturated rings. The Balaban J connectivity index is 1.56. The van der Waals surface area contributed by atoms with Crippen molar-refractivity contribution in [2.75, 3.05) is 64.0 Å². The lowest BCUT2D eigenvalue weighted by Crippen LogP contribution is -2.48. The first-order valence-electron chi connectivity index (χ1n) is 17.5. The Morgan fingerprint density at radius 2 is 1.73 bits per heavy atom. The second-order valence-corrected chi connectivity index (χ2v) is 16.0. The molecule has 3 heterocycles. The lowest BCUT2D eigenvalue weighted by atomic mass is 9.91. The first-order valence-corrected chi connectivity index (χ1v) is 19.4. The fraction of sp³-hybridized carbons (Fsp3) is 0.667. The number of sulfonamides is 1. The van der Waals surface area contributed by atoms with E-state index in [9.17, 15) is 23.1 Å². The van der Waals surface area contributed by atoms with E-state index in [0.29, 0.717) is 75.2 Å². The zero-order valence-corrected chi connectivity index (χ0v) is 30.7. The molecule has 1 aromatic carbocycles. The van der Waals surface area contributed by atoms with Gasteiger partial charge < -0.3 is 29.3 Å². The summed E-state index contributed by atoms with van der Waals surface area (Å²) < 4.78 is 52.6. The van der Waals surface area contributed by atoms with Crippen LogP contribution in [-0.4, -0.2) is 123 Å². The normalized spacial score (nSPS) is 28.2. The van der Waals surface area contributed by atoms with E-state index in [1.54, 1.807) is 4.90 Å². The SMILES string of the molecule is CCN(c1cc(F)cc(/C=C(\C)[C@H]2OC(=O)C[C@@H](O)CC[C@@H](C)[C@@H](OC(=O)N3CCN(C)CC3)/C=C\[C@@H]2C)c1)C1CCN(S(C)(=O)=O)CC1. The van der Waals surface area contributed by atoms with Crippen LogP contribution in [0.25, 0.3) is 6.08 Å². The number of rotatable bonds is 7. The number of carbonyl (C=O) groups is 2. The highest BCUT2D eigenvalue weighted by molar-refractivity contribution is 7.88. The number of ether oxygens (including phenoxy) is 2. The monoisotopic (exact) mass is 706 g/mol. The summed E-state index contributed by atoms with van der Waals surface area (Å²) in [7, 11) is -1.24. The number of nitrogens with zero attached hydrogens (tertiary/aromatic N) is 4. The van der Waals surface area contributed by atoms with Gasteiger partial charge in [-0.2, -0.15) is 0 Å². The molecule has 1 aromatic rings. The molecule has 49 heavy (non-hydrogen) atoms. The van der Waals surface area contributed by atoms with Crippen LogP contribution in [0.1, 0.15) is 65.4 Å². The fourth-order valence-electron chi connectivity index (χ4n) is 6.96. The molecule has 0 aromatic heterocycles. The molecule has 0 radical (unpaired) electrons. The average Bonchev–Trinajstić information content (AvgIpc) is 3.04. The topological polar surface area (TPSA) is 120 Å². The second-order valence-electron chi connectivity index (χ2n) is 14.0. The van der Waals surface area contributed by atoms with E-state index < -0.39 is 40.1 Å². The molecule has 1 amide bonds. The van der Waals surface area contributed by atoms with E-state index in [4.69, 9.17) is 9.47 Å². The van der Waals surface area contributed by atoms with Gasteiger partial charge in [-0.15, -0.1) is 0 Å². The number of piperidine rings is 1. The summed E-state index contributed by atoms with van der Waals surface area (Å²) >= 11 is 0. The third kappa shape index (κ3) is 11.0. The number of aliphatic hydroxyl groups excluding tert-OH is 1. The number of aliphatic hydroxyl groups is 1. The quantitative estimate of drug-likeness (QED) is 0.323. The number of likely N-dealkylation sites (N-methyl/N-ethyl adjacent to an activating group) is 1. The van der Waals surface area contributed by atoms with E-state index >= 15 is 4.39 Å². The third-order valence-corrected chi connectivity index (χ3v) is 11.3. The highest BCUT2D eigenvalue weighted by atomic mass is 32.2. The van der Waals surface area contributed by atoms with Crippen molar-refractivity contribution in [3.63, 3.8) is 0 Å². The van der Waals surface area contributed by atoms with Crippen molar-refractivity contribution in [3.05, 3.63) is 47.3 Å². The van der Waals surface area contributed by atoms with Crippen molar-refractivity contribution < 1.29 is 37.0 Å². The van der Waals surface area contributed by atoms with Gasteiger partial charge in [0, 0.05) is 63.5 Å². The summed E-state index contributed by atoms with van der Waals surface area (Å²) in [6, 6.07) is 4.89. The van der Waals surface area contributed by atoms with Gasteiger partial charge >= 0.3 is 12.1 Å². The molecular formula is C36H55FN4O7S. The van der Waals surface area contributed by atoms with Gasteiger partial charge in [0.25, 0.3) is 0 Å². The smallest absolute Gasteiger partial charge is 0.410 e. The minimum atomic E-state index is -3.26. The Morgan fingerprint density at radius 3 is 2.37 bits per heavy atom. The van der Waals surface area contributed by atoms with E-state index in [2.05, 4.69) is 9.80 Å². The third-order valence-electron chi connectivity index (χ3n) is 10.0. The average molecular weight is 707 g/mol. The number of hydrogen-bond donors (Lipinski definition) is 1. The van der Waals surface area contributed by atoms with Crippen LogP contribution < -0.4 is 4.90 Å². The molecule has 0 aliphatic carbocycles. The van der Waals surface area contributed by atoms with Crippen LogP contribution in [-0.2, 0) is 24.3 Å². The van der Waals surface area contributed by atoms with Crippen molar-refractivity contribution in [2.45, 2.75) is 84.2 Å². The van der Waals surface area contributed by atoms with Crippen LogP contribution in [0.4, 0.5) is 14.9 Å². The number of piperazine rings is 1. The molecular weight excluding hydrogens is 651 g/mol. The zero-order chi connectivity index (χ0) is 35.9. The van der Waals surface area contributed by atoms with Gasteiger partial charge in [0.1, 0.15) is 18.0 Å². The van der Waals surface area contributed by atoms with E-state index in [1.165, 1.54) is 22.7 Å².